The highest BCUT2D eigenvalue weighted by molar-refractivity contribution is 7.19. The summed E-state index contributed by atoms with van der Waals surface area (Å²) < 4.78 is 64.2. The van der Waals surface area contributed by atoms with Crippen molar-refractivity contribution in [2.75, 3.05) is 19.6 Å². The third kappa shape index (κ3) is 9.93. The fraction of sp³-hybridized carbons (Fsp3) is 0.304. The van der Waals surface area contributed by atoms with Crippen LogP contribution in [0.3, 0.4) is 0 Å². The average Bonchev–Trinajstić information content (AvgIpc) is 3.64. The molecule has 1 amide bonds. The van der Waals surface area contributed by atoms with E-state index in [1.165, 1.54) is 11.3 Å². The number of aromatic nitrogens is 5. The highest BCUT2D eigenvalue weighted by Crippen LogP contribution is 2.28. The SMILES string of the molecule is O=C(O)C(F)(F)F.O=C(O)C(F)(F)F.O=C1CN(Cc2nnc(-c3ccc(Cl)s3)[nH]2)CCN1Cc1cc2cnccc2[nH]1. The number of pyridine rings is 1. The van der Waals surface area contributed by atoms with Gasteiger partial charge in [0.05, 0.1) is 28.8 Å². The number of carboxylic acids is 2. The van der Waals surface area contributed by atoms with Crippen LogP contribution in [0, 0.1) is 0 Å². The first-order valence-electron chi connectivity index (χ1n) is 11.7. The normalized spacial score (nSPS) is 14.1. The molecule has 0 unspecified atom stereocenters. The number of alkyl halides is 6. The Hall–Kier alpha value is -4.23. The zero-order chi connectivity index (χ0) is 31.9. The van der Waals surface area contributed by atoms with Crippen LogP contribution in [0.2, 0.25) is 4.34 Å². The van der Waals surface area contributed by atoms with Crippen LogP contribution in [0.4, 0.5) is 26.3 Å². The molecular weight excluding hydrogens is 636 g/mol. The molecule has 0 radical (unpaired) electrons. The van der Waals surface area contributed by atoms with Gasteiger partial charge in [-0.25, -0.2) is 9.59 Å². The first-order valence-corrected chi connectivity index (χ1v) is 12.9. The van der Waals surface area contributed by atoms with Gasteiger partial charge in [-0.2, -0.15) is 26.3 Å². The van der Waals surface area contributed by atoms with Crippen LogP contribution in [0.1, 0.15) is 11.5 Å². The average molecular weight is 656 g/mol. The van der Waals surface area contributed by atoms with Gasteiger partial charge in [0.1, 0.15) is 5.82 Å². The van der Waals surface area contributed by atoms with Crippen molar-refractivity contribution in [1.29, 1.82) is 0 Å². The lowest BCUT2D eigenvalue weighted by Crippen LogP contribution is -2.49. The third-order valence-electron chi connectivity index (χ3n) is 5.43. The van der Waals surface area contributed by atoms with Gasteiger partial charge in [-0.1, -0.05) is 11.6 Å². The van der Waals surface area contributed by atoms with E-state index in [0.29, 0.717) is 36.3 Å². The molecule has 0 aliphatic carbocycles. The number of carboxylic acid groups (broad SMARTS) is 2. The summed E-state index contributed by atoms with van der Waals surface area (Å²) in [6.45, 7) is 2.96. The molecule has 4 aromatic rings. The van der Waals surface area contributed by atoms with Crippen LogP contribution in [0.5, 0.6) is 0 Å². The van der Waals surface area contributed by atoms with E-state index in [9.17, 15) is 31.1 Å². The van der Waals surface area contributed by atoms with Gasteiger partial charge in [-0.05, 0) is 24.3 Å². The van der Waals surface area contributed by atoms with Crippen molar-refractivity contribution in [1.82, 2.24) is 34.9 Å². The number of rotatable bonds is 5. The van der Waals surface area contributed by atoms with Gasteiger partial charge in [0, 0.05) is 42.1 Å². The number of amides is 1. The number of nitrogens with zero attached hydrogens (tertiary/aromatic N) is 5. The number of hydrogen-bond donors (Lipinski definition) is 4. The van der Waals surface area contributed by atoms with E-state index in [0.717, 1.165) is 33.8 Å². The molecule has 232 valence electrons. The molecule has 4 N–H and O–H groups in total. The van der Waals surface area contributed by atoms with Crippen molar-refractivity contribution in [3.05, 3.63) is 52.5 Å². The Balaban J connectivity index is 0.000000303. The van der Waals surface area contributed by atoms with Crippen LogP contribution >= 0.6 is 22.9 Å². The second kappa shape index (κ2) is 13.8. The summed E-state index contributed by atoms with van der Waals surface area (Å²) in [5, 5.41) is 23.7. The smallest absolute Gasteiger partial charge is 0.475 e. The number of fused-ring (bicyclic) bond motifs is 1. The molecule has 1 fully saturated rings. The zero-order valence-electron chi connectivity index (χ0n) is 21.4. The third-order valence-corrected chi connectivity index (χ3v) is 6.67. The Morgan fingerprint density at radius 1 is 0.977 bits per heavy atom. The summed E-state index contributed by atoms with van der Waals surface area (Å²) in [7, 11) is 0. The number of nitrogens with one attached hydrogen (secondary N) is 2. The number of thiophene rings is 1. The van der Waals surface area contributed by atoms with Crippen LogP contribution < -0.4 is 0 Å². The summed E-state index contributed by atoms with van der Waals surface area (Å²) in [4.78, 5) is 46.1. The zero-order valence-corrected chi connectivity index (χ0v) is 23.0. The van der Waals surface area contributed by atoms with E-state index in [4.69, 9.17) is 31.4 Å². The molecule has 0 saturated carbocycles. The topological polar surface area (TPSA) is 168 Å². The second-order valence-corrected chi connectivity index (χ2v) is 10.3. The number of hydrogen-bond acceptors (Lipinski definition) is 8. The molecule has 0 spiro atoms. The molecule has 5 rings (SSSR count). The monoisotopic (exact) mass is 655 g/mol. The lowest BCUT2D eigenvalue weighted by molar-refractivity contribution is -0.193. The molecule has 0 bridgehead atoms. The first-order chi connectivity index (χ1) is 20.0. The summed E-state index contributed by atoms with van der Waals surface area (Å²) in [6.07, 6.45) is -6.58. The minimum absolute atomic E-state index is 0.109. The van der Waals surface area contributed by atoms with Crippen molar-refractivity contribution in [2.45, 2.75) is 25.4 Å². The molecule has 5 heterocycles. The molecular formula is C23H20ClF6N7O5S. The van der Waals surface area contributed by atoms with E-state index >= 15 is 0 Å². The minimum Gasteiger partial charge on any atom is -0.475 e. The van der Waals surface area contributed by atoms with Crippen LogP contribution in [0.15, 0.2) is 36.7 Å². The second-order valence-electron chi connectivity index (χ2n) is 8.61. The van der Waals surface area contributed by atoms with Gasteiger partial charge < -0.3 is 25.1 Å². The van der Waals surface area contributed by atoms with Crippen LogP contribution in [-0.2, 0) is 27.5 Å². The van der Waals surface area contributed by atoms with Gasteiger partial charge >= 0.3 is 24.3 Å². The van der Waals surface area contributed by atoms with Crippen LogP contribution in [0.25, 0.3) is 21.6 Å². The fourth-order valence-electron chi connectivity index (χ4n) is 3.51. The summed E-state index contributed by atoms with van der Waals surface area (Å²) in [6, 6.07) is 7.74. The maximum Gasteiger partial charge on any atom is 0.490 e. The summed E-state index contributed by atoms with van der Waals surface area (Å²) in [5.74, 6) is -3.96. The molecule has 0 aromatic carbocycles. The molecule has 1 saturated heterocycles. The van der Waals surface area contributed by atoms with E-state index in [2.05, 4.69) is 36.1 Å². The minimum atomic E-state index is -5.08. The quantitative estimate of drug-likeness (QED) is 0.231. The fourth-order valence-corrected chi connectivity index (χ4v) is 4.50. The van der Waals surface area contributed by atoms with Crippen molar-refractivity contribution in [3.8, 4) is 10.7 Å². The predicted octanol–water partition coefficient (Wildman–Crippen LogP) is 4.17. The summed E-state index contributed by atoms with van der Waals surface area (Å²) in [5.41, 5.74) is 2.05. The number of halogens is 7. The highest BCUT2D eigenvalue weighted by Gasteiger charge is 2.38. The number of piperazine rings is 1. The van der Waals surface area contributed by atoms with Crippen LogP contribution in [-0.4, -0.2) is 95.0 Å². The molecule has 0 atom stereocenters. The van der Waals surface area contributed by atoms with E-state index < -0.39 is 24.3 Å². The largest absolute Gasteiger partial charge is 0.490 e. The van der Waals surface area contributed by atoms with E-state index in [1.54, 1.807) is 6.20 Å². The predicted molar refractivity (Wildman–Crippen MR) is 139 cm³/mol. The van der Waals surface area contributed by atoms with E-state index in [-0.39, 0.29) is 5.91 Å². The Labute approximate surface area is 245 Å². The first kappa shape index (κ1) is 33.3. The maximum atomic E-state index is 12.6. The highest BCUT2D eigenvalue weighted by atomic mass is 35.5. The Morgan fingerprint density at radius 3 is 2.16 bits per heavy atom. The molecule has 12 nitrogen and oxygen atoms in total. The Morgan fingerprint density at radius 2 is 1.63 bits per heavy atom. The molecule has 43 heavy (non-hydrogen) atoms. The van der Waals surface area contributed by atoms with Gasteiger partial charge in [-0.3, -0.25) is 14.7 Å². The van der Waals surface area contributed by atoms with Gasteiger partial charge in [-0.15, -0.1) is 21.5 Å². The maximum absolute atomic E-state index is 12.6. The number of aromatic amines is 2. The van der Waals surface area contributed by atoms with Crippen molar-refractivity contribution >= 4 is 51.7 Å². The van der Waals surface area contributed by atoms with Crippen molar-refractivity contribution in [3.63, 3.8) is 0 Å². The van der Waals surface area contributed by atoms with Crippen molar-refractivity contribution in [2.24, 2.45) is 0 Å². The molecule has 1 aliphatic rings. The van der Waals surface area contributed by atoms with E-state index in [1.807, 2.05) is 29.3 Å². The lowest BCUT2D eigenvalue weighted by Gasteiger charge is -2.33. The Bertz CT molecular complexity index is 1510. The van der Waals surface area contributed by atoms with Gasteiger partial charge in [0.2, 0.25) is 5.91 Å². The number of carbonyl (C=O) groups is 3. The van der Waals surface area contributed by atoms with Gasteiger partial charge in [0.15, 0.2) is 5.82 Å². The van der Waals surface area contributed by atoms with Crippen molar-refractivity contribution < 1.29 is 50.9 Å². The Kier molecular flexibility index (Phi) is 10.7. The molecule has 20 heteroatoms. The number of carbonyl (C=O) groups excluding carboxylic acids is 1. The number of H-pyrrole nitrogens is 2. The van der Waals surface area contributed by atoms with Gasteiger partial charge in [0.25, 0.3) is 0 Å². The molecule has 1 aliphatic heterocycles. The standard InChI is InChI=1S/C19H18ClN7OS.2C2HF3O2/c20-16-2-1-15(29-16)19-23-17(24-25-19)10-26-5-6-27(18(28)11-26)9-13-7-12-8-21-4-3-14(12)22-13;2*3-2(4,5)1(6)7/h1-4,7-8,22H,5-6,9-11H2,(H,23,24,25);2*(H,6,7). The number of aliphatic carboxylic acids is 2. The molecule has 4 aromatic heterocycles. The lowest BCUT2D eigenvalue weighted by atomic mass is 10.2. The summed E-state index contributed by atoms with van der Waals surface area (Å²) >= 11 is 7.44.